The number of nitrogens with one attached hydrogen (secondary N) is 1. The standard InChI is InChI=1S/C16H17ClN2O3S/c1-11-5-4-6-14(18-11)19-15(20)16(2,3)23(21,22)13-9-7-12(17)8-10-13/h4-10H,1-3H3,(H,18,19,20). The lowest BCUT2D eigenvalue weighted by atomic mass is 10.2. The number of hydrogen-bond donors (Lipinski definition) is 1. The van der Waals surface area contributed by atoms with Crippen molar-refractivity contribution in [2.24, 2.45) is 0 Å². The van der Waals surface area contributed by atoms with Crippen LogP contribution in [-0.4, -0.2) is 24.1 Å². The number of nitrogens with zero attached hydrogens (tertiary/aromatic N) is 1. The minimum absolute atomic E-state index is 0.0410. The fourth-order valence-corrected chi connectivity index (χ4v) is 3.41. The van der Waals surface area contributed by atoms with Crippen molar-refractivity contribution in [3.8, 4) is 0 Å². The monoisotopic (exact) mass is 352 g/mol. The van der Waals surface area contributed by atoms with Gasteiger partial charge in [0.05, 0.1) is 4.90 Å². The van der Waals surface area contributed by atoms with E-state index in [4.69, 9.17) is 11.6 Å². The number of anilines is 1. The maximum atomic E-state index is 12.7. The van der Waals surface area contributed by atoms with Gasteiger partial charge in [0, 0.05) is 10.7 Å². The molecule has 122 valence electrons. The third-order valence-corrected chi connectivity index (χ3v) is 6.15. The van der Waals surface area contributed by atoms with Crippen molar-refractivity contribution >= 4 is 33.2 Å². The Balaban J connectivity index is 2.32. The Morgan fingerprint density at radius 1 is 1.13 bits per heavy atom. The first-order chi connectivity index (χ1) is 10.6. The van der Waals surface area contributed by atoms with Crippen LogP contribution in [0.1, 0.15) is 19.5 Å². The molecule has 1 aromatic heterocycles. The summed E-state index contributed by atoms with van der Waals surface area (Å²) in [4.78, 5) is 16.7. The van der Waals surface area contributed by atoms with Crippen molar-refractivity contribution < 1.29 is 13.2 Å². The smallest absolute Gasteiger partial charge is 0.246 e. The largest absolute Gasteiger partial charge is 0.309 e. The van der Waals surface area contributed by atoms with Crippen LogP contribution in [0.2, 0.25) is 5.02 Å². The Hall–Kier alpha value is -1.92. The Bertz CT molecular complexity index is 831. The SMILES string of the molecule is Cc1cccc(NC(=O)C(C)(C)S(=O)(=O)c2ccc(Cl)cc2)n1. The molecule has 1 amide bonds. The normalized spacial score (nSPS) is 12.0. The summed E-state index contributed by atoms with van der Waals surface area (Å²) in [6, 6.07) is 10.9. The highest BCUT2D eigenvalue weighted by Gasteiger charge is 2.43. The molecule has 0 atom stereocenters. The number of carbonyl (C=O) groups excluding carboxylic acids is 1. The Morgan fingerprint density at radius 3 is 2.30 bits per heavy atom. The average molecular weight is 353 g/mol. The van der Waals surface area contributed by atoms with Crippen LogP contribution in [0.5, 0.6) is 0 Å². The number of halogens is 1. The second-order valence-corrected chi connectivity index (χ2v) is 8.52. The molecule has 0 unspecified atom stereocenters. The zero-order valence-corrected chi connectivity index (χ0v) is 14.6. The van der Waals surface area contributed by atoms with E-state index < -0.39 is 20.5 Å². The van der Waals surface area contributed by atoms with Crippen LogP contribution in [-0.2, 0) is 14.6 Å². The highest BCUT2D eigenvalue weighted by Crippen LogP contribution is 2.27. The first-order valence-corrected chi connectivity index (χ1v) is 8.76. The molecular weight excluding hydrogens is 336 g/mol. The molecule has 2 aromatic rings. The van der Waals surface area contributed by atoms with Gasteiger partial charge in [0.1, 0.15) is 10.6 Å². The van der Waals surface area contributed by atoms with E-state index >= 15 is 0 Å². The van der Waals surface area contributed by atoms with Gasteiger partial charge in [-0.3, -0.25) is 4.79 Å². The molecule has 0 aliphatic carbocycles. The zero-order chi connectivity index (χ0) is 17.3. The van der Waals surface area contributed by atoms with E-state index in [-0.39, 0.29) is 4.90 Å². The van der Waals surface area contributed by atoms with Crippen LogP contribution in [0.25, 0.3) is 0 Å². The number of pyridine rings is 1. The average Bonchev–Trinajstić information content (AvgIpc) is 2.47. The zero-order valence-electron chi connectivity index (χ0n) is 13.0. The molecule has 1 aromatic carbocycles. The van der Waals surface area contributed by atoms with Crippen molar-refractivity contribution in [2.75, 3.05) is 5.32 Å². The number of sulfone groups is 1. The second-order valence-electron chi connectivity index (χ2n) is 5.59. The van der Waals surface area contributed by atoms with E-state index in [9.17, 15) is 13.2 Å². The lowest BCUT2D eigenvalue weighted by molar-refractivity contribution is -0.117. The van der Waals surface area contributed by atoms with Crippen molar-refractivity contribution in [1.82, 2.24) is 4.98 Å². The molecule has 2 rings (SSSR count). The quantitative estimate of drug-likeness (QED) is 0.916. The highest BCUT2D eigenvalue weighted by molar-refractivity contribution is 7.93. The van der Waals surface area contributed by atoms with Gasteiger partial charge in [0.2, 0.25) is 5.91 Å². The molecule has 0 radical (unpaired) electrons. The number of aryl methyl sites for hydroxylation is 1. The summed E-state index contributed by atoms with van der Waals surface area (Å²) in [5.74, 6) is -0.333. The van der Waals surface area contributed by atoms with E-state index in [0.717, 1.165) is 5.69 Å². The molecule has 0 saturated heterocycles. The number of amides is 1. The molecule has 0 aliphatic rings. The van der Waals surface area contributed by atoms with E-state index in [1.807, 2.05) is 0 Å². The Kier molecular flexibility index (Phi) is 4.77. The van der Waals surface area contributed by atoms with Gasteiger partial charge in [-0.15, -0.1) is 0 Å². The van der Waals surface area contributed by atoms with Crippen LogP contribution in [0.15, 0.2) is 47.4 Å². The van der Waals surface area contributed by atoms with Crippen molar-refractivity contribution in [3.63, 3.8) is 0 Å². The number of aromatic nitrogens is 1. The molecule has 5 nitrogen and oxygen atoms in total. The molecule has 1 heterocycles. The summed E-state index contributed by atoms with van der Waals surface area (Å²) in [5.41, 5.74) is 0.723. The van der Waals surface area contributed by atoms with Crippen LogP contribution >= 0.6 is 11.6 Å². The van der Waals surface area contributed by atoms with E-state index in [1.54, 1.807) is 25.1 Å². The fourth-order valence-electron chi connectivity index (χ4n) is 1.91. The second kappa shape index (κ2) is 6.29. The first-order valence-electron chi connectivity index (χ1n) is 6.90. The molecule has 0 aliphatic heterocycles. The van der Waals surface area contributed by atoms with Gasteiger partial charge < -0.3 is 5.32 Å². The minimum atomic E-state index is -3.88. The molecule has 0 saturated carbocycles. The van der Waals surface area contributed by atoms with Gasteiger partial charge in [-0.25, -0.2) is 13.4 Å². The van der Waals surface area contributed by atoms with Crippen LogP contribution in [0.4, 0.5) is 5.82 Å². The predicted octanol–water partition coefficient (Wildman–Crippen LogP) is 3.23. The molecule has 0 bridgehead atoms. The van der Waals surface area contributed by atoms with Crippen LogP contribution < -0.4 is 5.32 Å². The number of carbonyl (C=O) groups is 1. The predicted molar refractivity (Wildman–Crippen MR) is 90.3 cm³/mol. The summed E-state index contributed by atoms with van der Waals surface area (Å²) >= 11 is 5.78. The lowest BCUT2D eigenvalue weighted by Gasteiger charge is -2.23. The lowest BCUT2D eigenvalue weighted by Crippen LogP contribution is -2.44. The van der Waals surface area contributed by atoms with Gasteiger partial charge in [-0.1, -0.05) is 17.7 Å². The number of rotatable bonds is 4. The molecular formula is C16H17ClN2O3S. The summed E-state index contributed by atoms with van der Waals surface area (Å²) in [6.07, 6.45) is 0. The van der Waals surface area contributed by atoms with E-state index in [0.29, 0.717) is 10.8 Å². The summed E-state index contributed by atoms with van der Waals surface area (Å²) in [5, 5.41) is 2.98. The minimum Gasteiger partial charge on any atom is -0.309 e. The van der Waals surface area contributed by atoms with E-state index in [2.05, 4.69) is 10.3 Å². The topological polar surface area (TPSA) is 76.1 Å². The number of benzene rings is 1. The fraction of sp³-hybridized carbons (Fsp3) is 0.250. The summed E-state index contributed by atoms with van der Waals surface area (Å²) < 4.78 is 23.8. The van der Waals surface area contributed by atoms with Crippen LogP contribution in [0.3, 0.4) is 0 Å². The van der Waals surface area contributed by atoms with Gasteiger partial charge in [0.15, 0.2) is 9.84 Å². The molecule has 0 fully saturated rings. The van der Waals surface area contributed by atoms with E-state index in [1.165, 1.54) is 38.1 Å². The Morgan fingerprint density at radius 2 is 1.74 bits per heavy atom. The molecule has 1 N–H and O–H groups in total. The van der Waals surface area contributed by atoms with Crippen LogP contribution in [0, 0.1) is 6.92 Å². The van der Waals surface area contributed by atoms with Crippen molar-refractivity contribution in [2.45, 2.75) is 30.4 Å². The van der Waals surface area contributed by atoms with Gasteiger partial charge >= 0.3 is 0 Å². The third kappa shape index (κ3) is 3.54. The third-order valence-electron chi connectivity index (χ3n) is 3.47. The number of hydrogen-bond acceptors (Lipinski definition) is 4. The van der Waals surface area contributed by atoms with Crippen molar-refractivity contribution in [1.29, 1.82) is 0 Å². The summed E-state index contributed by atoms with van der Waals surface area (Å²) in [6.45, 7) is 4.51. The molecule has 7 heteroatoms. The molecule has 0 spiro atoms. The summed E-state index contributed by atoms with van der Waals surface area (Å²) in [7, 11) is -3.88. The molecule has 23 heavy (non-hydrogen) atoms. The van der Waals surface area contributed by atoms with Gasteiger partial charge in [-0.05, 0) is 57.2 Å². The highest BCUT2D eigenvalue weighted by atomic mass is 35.5. The maximum absolute atomic E-state index is 12.7. The van der Waals surface area contributed by atoms with Crippen molar-refractivity contribution in [3.05, 3.63) is 53.2 Å². The van der Waals surface area contributed by atoms with Gasteiger partial charge in [0.25, 0.3) is 0 Å². The van der Waals surface area contributed by atoms with Gasteiger partial charge in [-0.2, -0.15) is 0 Å². The Labute approximate surface area is 140 Å². The maximum Gasteiger partial charge on any atom is 0.246 e. The first kappa shape index (κ1) is 17.4.